The monoisotopic (exact) mass is 384 g/mol. The number of rotatable bonds is 4. The highest BCUT2D eigenvalue weighted by Crippen LogP contribution is 2.27. The fraction of sp³-hybridized carbons (Fsp3) is 0.632. The number of benzene rings is 1. The maximum atomic E-state index is 12.4. The molecule has 2 aliphatic rings. The zero-order valence-corrected chi connectivity index (χ0v) is 16.1. The van der Waals surface area contributed by atoms with Crippen LogP contribution in [0.4, 0.5) is 0 Å². The normalized spacial score (nSPS) is 20.3. The van der Waals surface area contributed by atoms with Gasteiger partial charge in [-0.1, -0.05) is 48.9 Å². The third kappa shape index (κ3) is 5.25. The quantitative estimate of drug-likeness (QED) is 0.727. The zero-order valence-electron chi connectivity index (χ0n) is 14.6. The lowest BCUT2D eigenvalue weighted by molar-refractivity contribution is -0.135. The maximum absolute atomic E-state index is 12.4. The molecule has 1 saturated carbocycles. The average molecular weight is 385 g/mol. The second kappa shape index (κ2) is 9.11. The van der Waals surface area contributed by atoms with Gasteiger partial charge in [-0.05, 0) is 31.0 Å². The minimum atomic E-state index is 0.0186. The smallest absolute Gasteiger partial charge is 0.260 e. The van der Waals surface area contributed by atoms with Crippen LogP contribution in [-0.4, -0.2) is 54.5 Å². The number of ether oxygens (including phenoxy) is 1. The van der Waals surface area contributed by atoms with Crippen molar-refractivity contribution in [3.05, 3.63) is 28.2 Å². The highest BCUT2D eigenvalue weighted by Gasteiger charge is 2.26. The molecule has 138 valence electrons. The fourth-order valence-electron chi connectivity index (χ4n) is 3.78. The van der Waals surface area contributed by atoms with Gasteiger partial charge in [0.25, 0.3) is 5.91 Å². The van der Waals surface area contributed by atoms with E-state index in [9.17, 15) is 4.79 Å². The van der Waals surface area contributed by atoms with Gasteiger partial charge in [0.05, 0.1) is 5.02 Å². The molecule has 6 heteroatoms. The summed E-state index contributed by atoms with van der Waals surface area (Å²) in [6.07, 6.45) is 8.07. The number of halogens is 2. The number of carbonyl (C=O) groups is 1. The van der Waals surface area contributed by atoms with Crippen molar-refractivity contribution in [1.29, 1.82) is 0 Å². The molecule has 0 aromatic heterocycles. The Morgan fingerprint density at radius 1 is 1.04 bits per heavy atom. The molecule has 1 aliphatic heterocycles. The summed E-state index contributed by atoms with van der Waals surface area (Å²) < 4.78 is 5.57. The molecule has 1 aromatic rings. The number of piperazine rings is 1. The summed E-state index contributed by atoms with van der Waals surface area (Å²) in [4.78, 5) is 16.9. The molecule has 1 aliphatic carbocycles. The minimum absolute atomic E-state index is 0.0186. The van der Waals surface area contributed by atoms with Crippen LogP contribution in [0.3, 0.4) is 0 Å². The molecule has 0 bridgehead atoms. The minimum Gasteiger partial charge on any atom is -0.482 e. The summed E-state index contributed by atoms with van der Waals surface area (Å²) in [6.45, 7) is 3.53. The molecule has 0 unspecified atom stereocenters. The van der Waals surface area contributed by atoms with E-state index in [0.29, 0.717) is 21.8 Å². The van der Waals surface area contributed by atoms with Crippen molar-refractivity contribution in [3.63, 3.8) is 0 Å². The number of hydrogen-bond donors (Lipinski definition) is 0. The Morgan fingerprint density at radius 2 is 1.72 bits per heavy atom. The Labute approximate surface area is 160 Å². The van der Waals surface area contributed by atoms with Crippen molar-refractivity contribution in [2.45, 2.75) is 44.6 Å². The van der Waals surface area contributed by atoms with Crippen LogP contribution in [0.1, 0.15) is 38.5 Å². The van der Waals surface area contributed by atoms with Gasteiger partial charge < -0.3 is 9.64 Å². The first-order chi connectivity index (χ1) is 12.1. The molecule has 0 radical (unpaired) electrons. The first-order valence-electron chi connectivity index (χ1n) is 9.23. The predicted octanol–water partition coefficient (Wildman–Crippen LogP) is 4.24. The van der Waals surface area contributed by atoms with Gasteiger partial charge in [-0.3, -0.25) is 9.69 Å². The van der Waals surface area contributed by atoms with Crippen LogP contribution in [0.5, 0.6) is 5.75 Å². The Morgan fingerprint density at radius 3 is 2.36 bits per heavy atom. The van der Waals surface area contributed by atoms with E-state index in [1.165, 1.54) is 38.5 Å². The van der Waals surface area contributed by atoms with E-state index in [-0.39, 0.29) is 12.5 Å². The van der Waals surface area contributed by atoms with E-state index in [1.807, 2.05) is 4.90 Å². The molecule has 25 heavy (non-hydrogen) atoms. The van der Waals surface area contributed by atoms with E-state index in [4.69, 9.17) is 27.9 Å². The number of carbonyl (C=O) groups excluding carboxylic acids is 1. The zero-order chi connectivity index (χ0) is 17.6. The van der Waals surface area contributed by atoms with Gasteiger partial charge >= 0.3 is 0 Å². The number of nitrogens with zero attached hydrogens (tertiary/aromatic N) is 2. The Balaban J connectivity index is 1.45. The molecule has 2 fully saturated rings. The van der Waals surface area contributed by atoms with Gasteiger partial charge in [0.2, 0.25) is 0 Å². The van der Waals surface area contributed by atoms with Gasteiger partial charge in [0.15, 0.2) is 6.61 Å². The SMILES string of the molecule is O=C(COc1ccc(Cl)cc1Cl)N1CCN(C2CCCCCC2)CC1. The molecule has 0 spiro atoms. The molecule has 1 aromatic carbocycles. The van der Waals surface area contributed by atoms with Crippen LogP contribution in [0.25, 0.3) is 0 Å². The Kier molecular flexibility index (Phi) is 6.85. The summed E-state index contributed by atoms with van der Waals surface area (Å²) >= 11 is 11.9. The molecule has 0 N–H and O–H groups in total. The van der Waals surface area contributed by atoms with Crippen molar-refractivity contribution in [2.24, 2.45) is 0 Å². The van der Waals surface area contributed by atoms with Crippen molar-refractivity contribution in [3.8, 4) is 5.75 Å². The van der Waals surface area contributed by atoms with Crippen molar-refractivity contribution >= 4 is 29.1 Å². The summed E-state index contributed by atoms with van der Waals surface area (Å²) in [6, 6.07) is 5.73. The van der Waals surface area contributed by atoms with Gasteiger partial charge in [-0.2, -0.15) is 0 Å². The molecule has 3 rings (SSSR count). The topological polar surface area (TPSA) is 32.8 Å². The molecule has 1 saturated heterocycles. The summed E-state index contributed by atoms with van der Waals surface area (Å²) in [5.74, 6) is 0.517. The lowest BCUT2D eigenvalue weighted by atomic mass is 10.1. The largest absolute Gasteiger partial charge is 0.482 e. The Hall–Kier alpha value is -0.970. The average Bonchev–Trinajstić information content (AvgIpc) is 2.90. The van der Waals surface area contributed by atoms with Gasteiger partial charge in [-0.25, -0.2) is 0 Å². The van der Waals surface area contributed by atoms with Crippen molar-refractivity contribution in [2.75, 3.05) is 32.8 Å². The van der Waals surface area contributed by atoms with Gasteiger partial charge in [0, 0.05) is 37.2 Å². The van der Waals surface area contributed by atoms with Crippen LogP contribution in [0, 0.1) is 0 Å². The highest BCUT2D eigenvalue weighted by atomic mass is 35.5. The van der Waals surface area contributed by atoms with Crippen LogP contribution in [0.15, 0.2) is 18.2 Å². The van der Waals surface area contributed by atoms with E-state index < -0.39 is 0 Å². The fourth-order valence-corrected chi connectivity index (χ4v) is 4.25. The van der Waals surface area contributed by atoms with Gasteiger partial charge in [-0.15, -0.1) is 0 Å². The first kappa shape index (κ1) is 18.8. The van der Waals surface area contributed by atoms with E-state index >= 15 is 0 Å². The maximum Gasteiger partial charge on any atom is 0.260 e. The molecule has 4 nitrogen and oxygen atoms in total. The number of amides is 1. The van der Waals surface area contributed by atoms with E-state index in [0.717, 1.165) is 26.2 Å². The lowest BCUT2D eigenvalue weighted by Gasteiger charge is -2.39. The van der Waals surface area contributed by atoms with Crippen molar-refractivity contribution in [1.82, 2.24) is 9.80 Å². The Bertz CT molecular complexity index is 581. The molecular formula is C19H26Cl2N2O2. The van der Waals surface area contributed by atoms with Gasteiger partial charge in [0.1, 0.15) is 5.75 Å². The van der Waals surface area contributed by atoms with E-state index in [1.54, 1.807) is 18.2 Å². The summed E-state index contributed by atoms with van der Waals surface area (Å²) in [7, 11) is 0. The van der Waals surface area contributed by atoms with Crippen LogP contribution < -0.4 is 4.74 Å². The lowest BCUT2D eigenvalue weighted by Crippen LogP contribution is -2.52. The second-order valence-corrected chi connectivity index (χ2v) is 7.77. The standard InChI is InChI=1S/C19H26Cl2N2O2/c20-15-7-8-18(17(21)13-15)25-14-19(24)23-11-9-22(10-12-23)16-5-3-1-2-4-6-16/h7-8,13,16H,1-6,9-12,14H2. The molecule has 1 heterocycles. The third-order valence-corrected chi connectivity index (χ3v) is 5.78. The summed E-state index contributed by atoms with van der Waals surface area (Å²) in [5, 5.41) is 0.983. The second-order valence-electron chi connectivity index (χ2n) is 6.93. The van der Waals surface area contributed by atoms with Crippen LogP contribution in [-0.2, 0) is 4.79 Å². The predicted molar refractivity (Wildman–Crippen MR) is 102 cm³/mol. The number of hydrogen-bond acceptors (Lipinski definition) is 3. The molecule has 1 amide bonds. The van der Waals surface area contributed by atoms with Crippen LogP contribution >= 0.6 is 23.2 Å². The third-order valence-electron chi connectivity index (χ3n) is 5.25. The van der Waals surface area contributed by atoms with Crippen LogP contribution in [0.2, 0.25) is 10.0 Å². The summed E-state index contributed by atoms with van der Waals surface area (Å²) in [5.41, 5.74) is 0. The first-order valence-corrected chi connectivity index (χ1v) is 9.99. The van der Waals surface area contributed by atoms with E-state index in [2.05, 4.69) is 4.90 Å². The highest BCUT2D eigenvalue weighted by molar-refractivity contribution is 6.35. The molecular weight excluding hydrogens is 359 g/mol. The molecule has 0 atom stereocenters. The van der Waals surface area contributed by atoms with Crippen molar-refractivity contribution < 1.29 is 9.53 Å².